The highest BCUT2D eigenvalue weighted by Crippen LogP contribution is 2.65. The molecule has 5 N–H and O–H groups in total. The third kappa shape index (κ3) is 1.72. The van der Waals surface area contributed by atoms with Gasteiger partial charge >= 0.3 is 11.9 Å². The second-order valence-corrected chi connectivity index (χ2v) is 6.20. The van der Waals surface area contributed by atoms with Crippen LogP contribution in [0, 0.1) is 17.8 Å². The van der Waals surface area contributed by atoms with Crippen molar-refractivity contribution in [2.75, 3.05) is 0 Å². The highest BCUT2D eigenvalue weighted by molar-refractivity contribution is 7.99. The molecule has 5 atom stereocenters. The van der Waals surface area contributed by atoms with Crippen molar-refractivity contribution in [2.24, 2.45) is 23.5 Å². The van der Waals surface area contributed by atoms with Crippen LogP contribution >= 0.6 is 11.8 Å². The van der Waals surface area contributed by atoms with Crippen molar-refractivity contribution in [3.63, 3.8) is 0 Å². The number of aromatic amines is 1. The van der Waals surface area contributed by atoms with Gasteiger partial charge < -0.3 is 20.9 Å². The Hall–Kier alpha value is -1.61. The monoisotopic (exact) mass is 284 g/mol. The lowest BCUT2D eigenvalue weighted by Crippen LogP contribution is -2.50. The van der Waals surface area contributed by atoms with E-state index in [1.54, 1.807) is 0 Å². The molecule has 1 heterocycles. The van der Waals surface area contributed by atoms with Gasteiger partial charge in [-0.05, 0) is 12.3 Å². The predicted molar refractivity (Wildman–Crippen MR) is 63.3 cm³/mol. The van der Waals surface area contributed by atoms with Crippen LogP contribution in [0.2, 0.25) is 0 Å². The number of carbonyl (C=O) groups is 2. The molecule has 0 amide bonds. The lowest BCUT2D eigenvalue weighted by molar-refractivity contribution is -0.145. The zero-order chi connectivity index (χ0) is 13.8. The van der Waals surface area contributed by atoms with Gasteiger partial charge in [-0.25, -0.2) is 0 Å². The van der Waals surface area contributed by atoms with Crippen molar-refractivity contribution in [2.45, 2.75) is 22.4 Å². The van der Waals surface area contributed by atoms with Crippen LogP contribution in [0.4, 0.5) is 0 Å². The number of hydrogen-bond acceptors (Lipinski definition) is 6. The van der Waals surface area contributed by atoms with Gasteiger partial charge in [0, 0.05) is 11.2 Å². The van der Waals surface area contributed by atoms with Gasteiger partial charge in [0.15, 0.2) is 5.16 Å². The van der Waals surface area contributed by atoms with E-state index in [2.05, 4.69) is 15.2 Å². The van der Waals surface area contributed by atoms with Gasteiger partial charge in [0.05, 0.1) is 5.92 Å². The Morgan fingerprint density at radius 1 is 1.53 bits per heavy atom. The Balaban J connectivity index is 1.84. The van der Waals surface area contributed by atoms with Crippen molar-refractivity contribution in [3.8, 4) is 0 Å². The minimum absolute atomic E-state index is 0.167. The van der Waals surface area contributed by atoms with Crippen LogP contribution in [0.15, 0.2) is 11.5 Å². The number of carboxylic acids is 2. The summed E-state index contributed by atoms with van der Waals surface area (Å²) >= 11 is 1.31. The number of hydrogen-bond donors (Lipinski definition) is 4. The maximum absolute atomic E-state index is 11.3. The van der Waals surface area contributed by atoms with E-state index < -0.39 is 29.3 Å². The molecule has 9 heteroatoms. The molecule has 0 aliphatic heterocycles. The van der Waals surface area contributed by atoms with E-state index in [9.17, 15) is 14.7 Å². The van der Waals surface area contributed by atoms with E-state index in [-0.39, 0.29) is 17.6 Å². The quantitative estimate of drug-likeness (QED) is 0.574. The molecule has 8 nitrogen and oxygen atoms in total. The number of nitrogens with one attached hydrogen (secondary N) is 1. The number of carboxylic acid groups (broad SMARTS) is 2. The average molecular weight is 284 g/mol. The summed E-state index contributed by atoms with van der Waals surface area (Å²) in [6.45, 7) is 0. The fourth-order valence-corrected chi connectivity index (χ4v) is 4.49. The number of rotatable bonds is 4. The minimum Gasteiger partial charge on any atom is -0.481 e. The van der Waals surface area contributed by atoms with E-state index in [0.29, 0.717) is 5.16 Å². The maximum atomic E-state index is 11.3. The summed E-state index contributed by atoms with van der Waals surface area (Å²) in [5.41, 5.74) is 4.46. The van der Waals surface area contributed by atoms with Gasteiger partial charge in [-0.15, -0.1) is 10.2 Å². The summed E-state index contributed by atoms with van der Waals surface area (Å²) in [5, 5.41) is 26.2. The van der Waals surface area contributed by atoms with Crippen LogP contribution in [0.5, 0.6) is 0 Å². The minimum atomic E-state index is -1.45. The van der Waals surface area contributed by atoms with Gasteiger partial charge in [-0.3, -0.25) is 9.59 Å². The second kappa shape index (κ2) is 3.94. The van der Waals surface area contributed by atoms with Crippen molar-refractivity contribution in [3.05, 3.63) is 6.33 Å². The van der Waals surface area contributed by atoms with Gasteiger partial charge in [0.1, 0.15) is 11.9 Å². The van der Waals surface area contributed by atoms with Crippen molar-refractivity contribution in [1.82, 2.24) is 15.2 Å². The predicted octanol–water partition coefficient (Wildman–Crippen LogP) is -0.602. The fraction of sp³-hybridized carbons (Fsp3) is 0.600. The summed E-state index contributed by atoms with van der Waals surface area (Å²) in [4.78, 5) is 25.3. The molecule has 1 aromatic rings. The number of fused-ring (bicyclic) bond motifs is 1. The smallest absolute Gasteiger partial charge is 0.324 e. The molecule has 102 valence electrons. The van der Waals surface area contributed by atoms with Gasteiger partial charge in [0.2, 0.25) is 0 Å². The molecule has 0 spiro atoms. The van der Waals surface area contributed by atoms with Crippen molar-refractivity contribution >= 4 is 23.7 Å². The topological polar surface area (TPSA) is 142 Å². The van der Waals surface area contributed by atoms with Crippen molar-refractivity contribution < 1.29 is 19.8 Å². The molecule has 0 radical (unpaired) electrons. The van der Waals surface area contributed by atoms with E-state index in [1.807, 2.05) is 0 Å². The van der Waals surface area contributed by atoms with E-state index in [0.717, 1.165) is 0 Å². The number of aromatic nitrogens is 3. The Kier molecular flexibility index (Phi) is 2.58. The Labute approximate surface area is 111 Å². The SMILES string of the molecule is NC1(C(=O)O)CC(Sc2nnc[nH]2)C2C(C(=O)O)C21. The number of thioether (sulfide) groups is 1. The number of aliphatic carboxylic acids is 2. The number of nitrogens with two attached hydrogens (primary N) is 1. The lowest BCUT2D eigenvalue weighted by atomic mass is 9.91. The first-order valence-electron chi connectivity index (χ1n) is 5.73. The van der Waals surface area contributed by atoms with Crippen LogP contribution < -0.4 is 5.73 Å². The first-order valence-corrected chi connectivity index (χ1v) is 6.61. The van der Waals surface area contributed by atoms with Crippen LogP contribution in [0.3, 0.4) is 0 Å². The molecule has 2 fully saturated rings. The first-order chi connectivity index (χ1) is 8.95. The third-order valence-electron chi connectivity index (χ3n) is 3.98. The van der Waals surface area contributed by atoms with Crippen LogP contribution in [-0.4, -0.2) is 48.1 Å². The second-order valence-electron chi connectivity index (χ2n) is 4.97. The molecule has 2 aliphatic carbocycles. The Bertz CT molecular complexity index is 536. The van der Waals surface area contributed by atoms with E-state index >= 15 is 0 Å². The molecule has 2 saturated carbocycles. The molecule has 5 unspecified atom stereocenters. The zero-order valence-corrected chi connectivity index (χ0v) is 10.5. The highest BCUT2D eigenvalue weighted by atomic mass is 32.2. The molecule has 19 heavy (non-hydrogen) atoms. The van der Waals surface area contributed by atoms with E-state index in [4.69, 9.17) is 10.8 Å². The maximum Gasteiger partial charge on any atom is 0.324 e. The lowest BCUT2D eigenvalue weighted by Gasteiger charge is -2.23. The molecule has 0 aromatic carbocycles. The van der Waals surface area contributed by atoms with E-state index in [1.165, 1.54) is 18.1 Å². The molecule has 2 aliphatic rings. The highest BCUT2D eigenvalue weighted by Gasteiger charge is 2.74. The molecular weight excluding hydrogens is 272 g/mol. The summed E-state index contributed by atoms with van der Waals surface area (Å²) in [6, 6.07) is 0. The number of nitrogens with zero attached hydrogens (tertiary/aromatic N) is 2. The van der Waals surface area contributed by atoms with Crippen LogP contribution in [-0.2, 0) is 9.59 Å². The molecular formula is C10H12N4O4S. The summed E-state index contributed by atoms with van der Waals surface area (Å²) in [5.74, 6) is -3.49. The standard InChI is InChI=1S/C10H12N4O4S/c11-10(8(17)18)1-3(19-9-12-2-13-14-9)4-5(6(4)10)7(15)16/h2-6H,1,11H2,(H,15,16)(H,17,18)(H,12,13,14). The van der Waals surface area contributed by atoms with Crippen LogP contribution in [0.25, 0.3) is 0 Å². The normalized spacial score (nSPS) is 39.8. The summed E-state index contributed by atoms with van der Waals surface area (Å²) < 4.78 is 0. The first kappa shape index (κ1) is 12.4. The fourth-order valence-electron chi connectivity index (χ4n) is 3.13. The van der Waals surface area contributed by atoms with Gasteiger partial charge in [0.25, 0.3) is 0 Å². The molecule has 0 bridgehead atoms. The van der Waals surface area contributed by atoms with Crippen LogP contribution in [0.1, 0.15) is 6.42 Å². The summed E-state index contributed by atoms with van der Waals surface area (Å²) in [6.07, 6.45) is 1.66. The Morgan fingerprint density at radius 2 is 2.26 bits per heavy atom. The van der Waals surface area contributed by atoms with Gasteiger partial charge in [-0.2, -0.15) is 0 Å². The molecule has 1 aromatic heterocycles. The summed E-state index contributed by atoms with van der Waals surface area (Å²) in [7, 11) is 0. The third-order valence-corrected chi connectivity index (χ3v) is 5.19. The van der Waals surface area contributed by atoms with Crippen molar-refractivity contribution in [1.29, 1.82) is 0 Å². The molecule has 3 rings (SSSR count). The Morgan fingerprint density at radius 3 is 2.79 bits per heavy atom. The average Bonchev–Trinajstić information content (AvgIpc) is 2.77. The van der Waals surface area contributed by atoms with Gasteiger partial charge in [-0.1, -0.05) is 11.8 Å². The molecule has 0 saturated heterocycles. The zero-order valence-electron chi connectivity index (χ0n) is 9.68. The largest absolute Gasteiger partial charge is 0.481 e. The number of H-pyrrole nitrogens is 1.